The average molecular weight is 319 g/mol. The summed E-state index contributed by atoms with van der Waals surface area (Å²) in [5, 5.41) is 0. The fraction of sp³-hybridized carbons (Fsp3) is 0.684. The number of primary amides is 1. The third kappa shape index (κ3) is 5.03. The predicted octanol–water partition coefficient (Wildman–Crippen LogP) is 3.36. The fourth-order valence-electron chi connectivity index (χ4n) is 3.53. The molecule has 4 nitrogen and oxygen atoms in total. The first-order valence-electron chi connectivity index (χ1n) is 8.67. The van der Waals surface area contributed by atoms with Crippen LogP contribution in [-0.2, 0) is 10.2 Å². The summed E-state index contributed by atoms with van der Waals surface area (Å²) in [6.07, 6.45) is 4.99. The van der Waals surface area contributed by atoms with Gasteiger partial charge in [-0.1, -0.05) is 13.8 Å². The first-order chi connectivity index (χ1) is 10.7. The van der Waals surface area contributed by atoms with Gasteiger partial charge in [0.05, 0.1) is 5.41 Å². The molecule has 0 aliphatic rings. The Labute approximate surface area is 141 Å². The Bertz CT molecular complexity index is 477. The van der Waals surface area contributed by atoms with E-state index < -0.39 is 5.41 Å². The van der Waals surface area contributed by atoms with Crippen molar-refractivity contribution < 1.29 is 4.79 Å². The van der Waals surface area contributed by atoms with Crippen LogP contribution in [-0.4, -0.2) is 34.4 Å². The number of hydrogen-bond donors (Lipinski definition) is 1. The molecule has 1 atom stereocenters. The highest BCUT2D eigenvalue weighted by atomic mass is 16.1. The molecule has 1 rings (SSSR count). The monoisotopic (exact) mass is 319 g/mol. The van der Waals surface area contributed by atoms with Crippen LogP contribution >= 0.6 is 0 Å². The Balaban J connectivity index is 3.15. The highest BCUT2D eigenvalue weighted by molar-refractivity contribution is 5.86. The number of nitrogens with two attached hydrogens (primary N) is 1. The zero-order chi connectivity index (χ0) is 17.6. The molecule has 0 radical (unpaired) electrons. The van der Waals surface area contributed by atoms with Crippen LogP contribution in [0, 0.1) is 5.92 Å². The molecule has 1 amide bonds. The molecule has 0 aromatic carbocycles. The average Bonchev–Trinajstić information content (AvgIpc) is 2.45. The number of amides is 1. The maximum absolute atomic E-state index is 12.5. The van der Waals surface area contributed by atoms with Gasteiger partial charge in [-0.05, 0) is 64.2 Å². The van der Waals surface area contributed by atoms with Gasteiger partial charge in [0.15, 0.2) is 0 Å². The minimum absolute atomic E-state index is 0.232. The number of pyridine rings is 1. The predicted molar refractivity (Wildman–Crippen MR) is 96.2 cm³/mol. The summed E-state index contributed by atoms with van der Waals surface area (Å²) in [4.78, 5) is 19.0. The van der Waals surface area contributed by atoms with E-state index in [0.717, 1.165) is 24.9 Å². The van der Waals surface area contributed by atoms with Gasteiger partial charge in [0.25, 0.3) is 0 Å². The van der Waals surface area contributed by atoms with Gasteiger partial charge in [0.2, 0.25) is 5.91 Å². The second kappa shape index (κ2) is 8.44. The number of rotatable bonds is 9. The Morgan fingerprint density at radius 3 is 2.04 bits per heavy atom. The van der Waals surface area contributed by atoms with Crippen molar-refractivity contribution in [3.63, 3.8) is 0 Å². The summed E-state index contributed by atoms with van der Waals surface area (Å²) in [7, 11) is 0. The van der Waals surface area contributed by atoms with Gasteiger partial charge in [-0.25, -0.2) is 0 Å². The van der Waals surface area contributed by atoms with Crippen molar-refractivity contribution >= 4 is 5.91 Å². The van der Waals surface area contributed by atoms with E-state index in [1.807, 2.05) is 12.1 Å². The zero-order valence-electron chi connectivity index (χ0n) is 15.5. The van der Waals surface area contributed by atoms with Crippen LogP contribution in [0.5, 0.6) is 0 Å². The van der Waals surface area contributed by atoms with Crippen LogP contribution < -0.4 is 5.73 Å². The maximum Gasteiger partial charge on any atom is 0.228 e. The molecule has 0 aliphatic carbocycles. The molecule has 23 heavy (non-hydrogen) atoms. The Hall–Kier alpha value is -1.42. The first kappa shape index (κ1) is 19.6. The normalized spacial score (nSPS) is 14.7. The quantitative estimate of drug-likeness (QED) is 0.759. The number of hydrogen-bond acceptors (Lipinski definition) is 3. The van der Waals surface area contributed by atoms with Crippen LogP contribution in [0.3, 0.4) is 0 Å². The second-order valence-corrected chi connectivity index (χ2v) is 7.46. The smallest absolute Gasteiger partial charge is 0.228 e. The molecule has 4 heteroatoms. The molecule has 0 aliphatic heterocycles. The molecule has 0 unspecified atom stereocenters. The van der Waals surface area contributed by atoms with Crippen LogP contribution in [0.15, 0.2) is 24.5 Å². The van der Waals surface area contributed by atoms with Gasteiger partial charge in [-0.3, -0.25) is 14.7 Å². The summed E-state index contributed by atoms with van der Waals surface area (Å²) in [6.45, 7) is 13.9. The molecule has 1 heterocycles. The van der Waals surface area contributed by atoms with Gasteiger partial charge < -0.3 is 5.73 Å². The highest BCUT2D eigenvalue weighted by Crippen LogP contribution is 2.35. The van der Waals surface area contributed by atoms with Crippen molar-refractivity contribution in [1.82, 2.24) is 9.88 Å². The third-order valence-electron chi connectivity index (χ3n) is 4.58. The zero-order valence-corrected chi connectivity index (χ0v) is 15.5. The fourth-order valence-corrected chi connectivity index (χ4v) is 3.53. The molecule has 0 fully saturated rings. The van der Waals surface area contributed by atoms with Gasteiger partial charge in [-0.15, -0.1) is 0 Å². The largest absolute Gasteiger partial charge is 0.369 e. The van der Waals surface area contributed by atoms with Crippen LogP contribution in [0.2, 0.25) is 0 Å². The van der Waals surface area contributed by atoms with E-state index in [9.17, 15) is 4.79 Å². The number of nitrogens with zero attached hydrogens (tertiary/aromatic N) is 2. The standard InChI is InChI=1S/C19H33N3O/c1-14(2)13-19(18(20)23,17-7-10-21-11-8-17)9-12-22(15(3)4)16(5)6/h7-8,10-11,14-16H,9,12-13H2,1-6H3,(H2,20,23)/t19-/m0/s1. The minimum atomic E-state index is -0.626. The number of carbonyl (C=O) groups excluding carboxylic acids is 1. The van der Waals surface area contributed by atoms with E-state index in [1.165, 1.54) is 0 Å². The molecule has 0 saturated heterocycles. The van der Waals surface area contributed by atoms with Crippen LogP contribution in [0.1, 0.15) is 59.9 Å². The minimum Gasteiger partial charge on any atom is -0.369 e. The highest BCUT2D eigenvalue weighted by Gasteiger charge is 2.39. The van der Waals surface area contributed by atoms with Crippen molar-refractivity contribution in [2.45, 2.75) is 71.9 Å². The second-order valence-electron chi connectivity index (χ2n) is 7.46. The Morgan fingerprint density at radius 2 is 1.65 bits per heavy atom. The van der Waals surface area contributed by atoms with Crippen molar-refractivity contribution in [2.75, 3.05) is 6.54 Å². The van der Waals surface area contributed by atoms with E-state index in [0.29, 0.717) is 18.0 Å². The summed E-state index contributed by atoms with van der Waals surface area (Å²) in [5.74, 6) is 0.159. The topological polar surface area (TPSA) is 59.2 Å². The van der Waals surface area contributed by atoms with E-state index >= 15 is 0 Å². The molecule has 0 saturated carbocycles. The van der Waals surface area contributed by atoms with Crippen molar-refractivity contribution in [3.05, 3.63) is 30.1 Å². The SMILES string of the molecule is CC(C)C[C@](CCN(C(C)C)C(C)C)(C(N)=O)c1ccncc1. The summed E-state index contributed by atoms with van der Waals surface area (Å²) in [6, 6.07) is 4.75. The van der Waals surface area contributed by atoms with Gasteiger partial charge in [0, 0.05) is 31.0 Å². The lowest BCUT2D eigenvalue weighted by Gasteiger charge is -2.37. The van der Waals surface area contributed by atoms with Crippen LogP contribution in [0.25, 0.3) is 0 Å². The van der Waals surface area contributed by atoms with Gasteiger partial charge >= 0.3 is 0 Å². The molecule has 130 valence electrons. The Morgan fingerprint density at radius 1 is 1.13 bits per heavy atom. The molecular formula is C19H33N3O. The number of aromatic nitrogens is 1. The van der Waals surface area contributed by atoms with Crippen molar-refractivity contribution in [3.8, 4) is 0 Å². The van der Waals surface area contributed by atoms with E-state index in [4.69, 9.17) is 5.73 Å². The lowest BCUT2D eigenvalue weighted by atomic mass is 9.71. The Kier molecular flexibility index (Phi) is 7.20. The lowest BCUT2D eigenvalue weighted by Crippen LogP contribution is -2.47. The molecule has 2 N–H and O–H groups in total. The maximum atomic E-state index is 12.5. The summed E-state index contributed by atoms with van der Waals surface area (Å²) < 4.78 is 0. The van der Waals surface area contributed by atoms with E-state index in [1.54, 1.807) is 12.4 Å². The van der Waals surface area contributed by atoms with E-state index in [2.05, 4.69) is 51.4 Å². The molecule has 1 aromatic heterocycles. The number of carbonyl (C=O) groups is 1. The molecule has 1 aromatic rings. The summed E-state index contributed by atoms with van der Waals surface area (Å²) >= 11 is 0. The van der Waals surface area contributed by atoms with Gasteiger partial charge in [-0.2, -0.15) is 0 Å². The molecule has 0 bridgehead atoms. The van der Waals surface area contributed by atoms with Crippen LogP contribution in [0.4, 0.5) is 0 Å². The molecule has 0 spiro atoms. The summed E-state index contributed by atoms with van der Waals surface area (Å²) in [5.41, 5.74) is 6.27. The molecular weight excluding hydrogens is 286 g/mol. The van der Waals surface area contributed by atoms with Gasteiger partial charge in [0.1, 0.15) is 0 Å². The third-order valence-corrected chi connectivity index (χ3v) is 4.58. The lowest BCUT2D eigenvalue weighted by molar-refractivity contribution is -0.124. The van der Waals surface area contributed by atoms with Crippen molar-refractivity contribution in [2.24, 2.45) is 11.7 Å². The van der Waals surface area contributed by atoms with E-state index in [-0.39, 0.29) is 5.91 Å². The van der Waals surface area contributed by atoms with Crippen molar-refractivity contribution in [1.29, 1.82) is 0 Å². The first-order valence-corrected chi connectivity index (χ1v) is 8.67.